The van der Waals surface area contributed by atoms with Crippen LogP contribution in [0.1, 0.15) is 63.0 Å². The number of carbonyl (C=O) groups excluding carboxylic acids is 1. The van der Waals surface area contributed by atoms with Crippen LogP contribution in [0.4, 0.5) is 0 Å². The van der Waals surface area contributed by atoms with Gasteiger partial charge in [0.2, 0.25) is 11.5 Å². The van der Waals surface area contributed by atoms with Gasteiger partial charge in [0.15, 0.2) is 11.5 Å². The van der Waals surface area contributed by atoms with Crippen molar-refractivity contribution >= 4 is 5.97 Å². The van der Waals surface area contributed by atoms with E-state index < -0.39 is 5.41 Å². The lowest BCUT2D eigenvalue weighted by Gasteiger charge is -2.26. The van der Waals surface area contributed by atoms with Crippen molar-refractivity contribution in [1.29, 1.82) is 0 Å². The van der Waals surface area contributed by atoms with E-state index in [1.807, 2.05) is 6.92 Å². The van der Waals surface area contributed by atoms with E-state index in [1.165, 1.54) is 0 Å². The van der Waals surface area contributed by atoms with Gasteiger partial charge in [0, 0.05) is 17.7 Å². The number of carbonyl (C=O) groups is 1. The van der Waals surface area contributed by atoms with Crippen molar-refractivity contribution in [1.82, 2.24) is 0 Å². The summed E-state index contributed by atoms with van der Waals surface area (Å²) in [5.41, 5.74) is 1.20. The van der Waals surface area contributed by atoms with Crippen LogP contribution >= 0.6 is 0 Å². The highest BCUT2D eigenvalue weighted by molar-refractivity contribution is 5.81. The van der Waals surface area contributed by atoms with E-state index in [2.05, 4.69) is 0 Å². The summed E-state index contributed by atoms with van der Waals surface area (Å²) in [6.45, 7) is 2.43. The maximum Gasteiger partial charge on any atom is 0.312 e. The van der Waals surface area contributed by atoms with Crippen molar-refractivity contribution < 1.29 is 33.6 Å². The Morgan fingerprint density at radius 1 is 0.774 bits per heavy atom. The minimum Gasteiger partial charge on any atom is -0.492 e. The number of ether oxygens (including phenoxy) is 5. The minimum absolute atomic E-state index is 0.173. The third-order valence-electron chi connectivity index (χ3n) is 6.15. The Bertz CT molecular complexity index is 688. The van der Waals surface area contributed by atoms with Gasteiger partial charge in [-0.2, -0.15) is 0 Å². The van der Waals surface area contributed by atoms with Gasteiger partial charge in [-0.15, -0.1) is 0 Å². The summed E-state index contributed by atoms with van der Waals surface area (Å²) >= 11 is 0. The standard InChI is InChI=1S/C24H38O7/c1-6-31-23(26)24(13-11-9-7-8-10-12-14-25)15-17-18(16-24)20(28-3)22(30-5)21(29-4)19(17)27-2/h25H,6-16H2,1-5H3. The van der Waals surface area contributed by atoms with E-state index in [9.17, 15) is 4.79 Å². The fraction of sp³-hybridized carbons (Fsp3) is 0.708. The fourth-order valence-corrected chi connectivity index (χ4v) is 4.66. The first-order valence-electron chi connectivity index (χ1n) is 11.2. The van der Waals surface area contributed by atoms with E-state index in [4.69, 9.17) is 28.8 Å². The highest BCUT2D eigenvalue weighted by Crippen LogP contribution is 2.56. The number of aliphatic hydroxyl groups is 1. The van der Waals surface area contributed by atoms with E-state index in [0.29, 0.717) is 42.4 Å². The van der Waals surface area contributed by atoms with Crippen molar-refractivity contribution in [3.63, 3.8) is 0 Å². The molecule has 0 atom stereocenters. The molecule has 0 radical (unpaired) electrons. The second-order valence-corrected chi connectivity index (χ2v) is 8.04. The average Bonchev–Trinajstić information content (AvgIpc) is 3.17. The molecule has 1 aliphatic carbocycles. The number of hydrogen-bond donors (Lipinski definition) is 1. The Balaban J connectivity index is 2.33. The van der Waals surface area contributed by atoms with Crippen LogP contribution in [0.25, 0.3) is 0 Å². The number of methoxy groups -OCH3 is 4. The topological polar surface area (TPSA) is 83.5 Å². The van der Waals surface area contributed by atoms with Crippen molar-refractivity contribution in [3.8, 4) is 23.0 Å². The zero-order valence-electron chi connectivity index (χ0n) is 19.7. The smallest absolute Gasteiger partial charge is 0.312 e. The number of fused-ring (bicyclic) bond motifs is 1. The van der Waals surface area contributed by atoms with Gasteiger partial charge in [-0.1, -0.05) is 32.1 Å². The van der Waals surface area contributed by atoms with Gasteiger partial charge in [0.1, 0.15) is 0 Å². The predicted octanol–water partition coefficient (Wildman–Crippen LogP) is 4.09. The Hall–Kier alpha value is -2.15. The van der Waals surface area contributed by atoms with Crippen LogP contribution in [0.2, 0.25) is 0 Å². The summed E-state index contributed by atoms with van der Waals surface area (Å²) in [7, 11) is 6.33. The molecule has 1 aromatic rings. The van der Waals surface area contributed by atoms with Gasteiger partial charge in [-0.3, -0.25) is 4.79 Å². The number of rotatable bonds is 14. The number of aliphatic hydroxyl groups excluding tert-OH is 1. The molecular weight excluding hydrogens is 400 g/mol. The van der Waals surface area contributed by atoms with Crippen molar-refractivity contribution in [2.24, 2.45) is 5.41 Å². The number of unbranched alkanes of at least 4 members (excludes halogenated alkanes) is 5. The lowest BCUT2D eigenvalue weighted by molar-refractivity contribution is -0.155. The first-order chi connectivity index (χ1) is 15.0. The number of benzene rings is 1. The van der Waals surface area contributed by atoms with E-state index in [1.54, 1.807) is 28.4 Å². The quantitative estimate of drug-likeness (QED) is 0.346. The Kier molecular flexibility index (Phi) is 9.75. The summed E-state index contributed by atoms with van der Waals surface area (Å²) in [4.78, 5) is 13.2. The van der Waals surface area contributed by atoms with Gasteiger partial charge in [-0.25, -0.2) is 0 Å². The summed E-state index contributed by atoms with van der Waals surface area (Å²) < 4.78 is 28.1. The second kappa shape index (κ2) is 12.0. The van der Waals surface area contributed by atoms with Crippen molar-refractivity contribution in [2.45, 2.75) is 64.7 Å². The largest absolute Gasteiger partial charge is 0.492 e. The highest BCUT2D eigenvalue weighted by atomic mass is 16.5. The summed E-state index contributed by atoms with van der Waals surface area (Å²) in [5, 5.41) is 8.91. The average molecular weight is 439 g/mol. The molecule has 0 saturated heterocycles. The van der Waals surface area contributed by atoms with Crippen LogP contribution in [0, 0.1) is 5.41 Å². The van der Waals surface area contributed by atoms with Crippen LogP contribution in [-0.2, 0) is 22.4 Å². The molecule has 7 heteroatoms. The van der Waals surface area contributed by atoms with Gasteiger partial charge in [0.05, 0.1) is 40.5 Å². The lowest BCUT2D eigenvalue weighted by Crippen LogP contribution is -2.34. The molecule has 31 heavy (non-hydrogen) atoms. The van der Waals surface area contributed by atoms with E-state index in [0.717, 1.165) is 56.1 Å². The SMILES string of the molecule is CCOC(=O)C1(CCCCCCCCO)Cc2c(c(OC)c(OC)c(OC)c2OC)C1. The fourth-order valence-electron chi connectivity index (χ4n) is 4.66. The van der Waals surface area contributed by atoms with Crippen LogP contribution in [-0.4, -0.2) is 52.7 Å². The van der Waals surface area contributed by atoms with E-state index in [-0.39, 0.29) is 12.6 Å². The van der Waals surface area contributed by atoms with Crippen LogP contribution in [0.5, 0.6) is 23.0 Å². The summed E-state index contributed by atoms with van der Waals surface area (Å²) in [6.07, 6.45) is 7.84. The predicted molar refractivity (Wildman–Crippen MR) is 119 cm³/mol. The van der Waals surface area contributed by atoms with E-state index >= 15 is 0 Å². The normalized spacial score (nSPS) is 14.1. The summed E-state index contributed by atoms with van der Waals surface area (Å²) in [6, 6.07) is 0. The van der Waals surface area contributed by atoms with Gasteiger partial charge in [-0.05, 0) is 32.6 Å². The monoisotopic (exact) mass is 438 g/mol. The van der Waals surface area contributed by atoms with Gasteiger partial charge < -0.3 is 28.8 Å². The number of esters is 1. The van der Waals surface area contributed by atoms with Crippen molar-refractivity contribution in [2.75, 3.05) is 41.7 Å². The van der Waals surface area contributed by atoms with Crippen LogP contribution in [0.3, 0.4) is 0 Å². The molecule has 0 aliphatic heterocycles. The van der Waals surface area contributed by atoms with Crippen LogP contribution in [0.15, 0.2) is 0 Å². The summed E-state index contributed by atoms with van der Waals surface area (Å²) in [5.74, 6) is 1.96. The maximum absolute atomic E-state index is 13.2. The third-order valence-corrected chi connectivity index (χ3v) is 6.15. The first kappa shape index (κ1) is 25.1. The molecule has 0 heterocycles. The maximum atomic E-state index is 13.2. The van der Waals surface area contributed by atoms with Gasteiger partial charge in [0.25, 0.3) is 0 Å². The number of hydrogen-bond acceptors (Lipinski definition) is 7. The highest BCUT2D eigenvalue weighted by Gasteiger charge is 2.48. The molecule has 0 aromatic heterocycles. The minimum atomic E-state index is -0.651. The molecule has 7 nitrogen and oxygen atoms in total. The molecular formula is C24H38O7. The molecule has 0 bridgehead atoms. The Morgan fingerprint density at radius 2 is 1.23 bits per heavy atom. The zero-order chi connectivity index (χ0) is 22.9. The first-order valence-corrected chi connectivity index (χ1v) is 11.2. The molecule has 0 spiro atoms. The van der Waals surface area contributed by atoms with Crippen LogP contribution < -0.4 is 18.9 Å². The molecule has 2 rings (SSSR count). The molecule has 1 aliphatic rings. The third kappa shape index (κ3) is 5.37. The molecule has 0 unspecified atom stereocenters. The molecule has 0 amide bonds. The molecule has 0 saturated carbocycles. The Labute approximate surface area is 186 Å². The molecule has 1 N–H and O–H groups in total. The molecule has 0 fully saturated rings. The Morgan fingerprint density at radius 3 is 1.65 bits per heavy atom. The molecule has 1 aromatic carbocycles. The van der Waals surface area contributed by atoms with Gasteiger partial charge >= 0.3 is 5.97 Å². The zero-order valence-corrected chi connectivity index (χ0v) is 19.7. The second-order valence-electron chi connectivity index (χ2n) is 8.04. The molecule has 176 valence electrons. The lowest BCUT2D eigenvalue weighted by atomic mass is 9.79. The van der Waals surface area contributed by atoms with Crippen molar-refractivity contribution in [3.05, 3.63) is 11.1 Å².